The van der Waals surface area contributed by atoms with Crippen LogP contribution in [-0.4, -0.2) is 46.8 Å². The summed E-state index contributed by atoms with van der Waals surface area (Å²) in [6, 6.07) is 17.7. The Kier molecular flexibility index (Phi) is 8.41. The molecule has 0 aliphatic carbocycles. The van der Waals surface area contributed by atoms with Gasteiger partial charge in [-0.25, -0.2) is 0 Å². The first-order valence-electron chi connectivity index (χ1n) is 13.2. The number of carbonyl (C=O) groups is 1. The molecule has 7 heteroatoms. The van der Waals surface area contributed by atoms with Gasteiger partial charge in [0.2, 0.25) is 5.91 Å². The molecule has 0 radical (unpaired) electrons. The van der Waals surface area contributed by atoms with E-state index in [1.54, 1.807) is 7.11 Å². The fourth-order valence-electron chi connectivity index (χ4n) is 4.87. The second-order valence-corrected chi connectivity index (χ2v) is 10.4. The van der Waals surface area contributed by atoms with Crippen molar-refractivity contribution in [1.29, 1.82) is 0 Å². The van der Waals surface area contributed by atoms with Crippen molar-refractivity contribution in [2.75, 3.05) is 49.5 Å². The van der Waals surface area contributed by atoms with Gasteiger partial charge in [-0.1, -0.05) is 24.6 Å². The zero-order chi connectivity index (χ0) is 27.6. The van der Waals surface area contributed by atoms with Crippen LogP contribution in [0.1, 0.15) is 49.9 Å². The summed E-state index contributed by atoms with van der Waals surface area (Å²) in [5.41, 5.74) is 5.87. The Morgan fingerprint density at radius 2 is 1.71 bits per heavy atom. The first kappa shape index (κ1) is 27.6. The zero-order valence-corrected chi connectivity index (χ0v) is 24.2. The molecule has 1 aliphatic heterocycles. The summed E-state index contributed by atoms with van der Waals surface area (Å²) in [7, 11) is 7.70. The van der Waals surface area contributed by atoms with Crippen LogP contribution >= 0.6 is 11.6 Å². The molecule has 6 nitrogen and oxygen atoms in total. The van der Waals surface area contributed by atoms with E-state index in [1.807, 2.05) is 86.4 Å². The molecule has 3 aromatic carbocycles. The normalized spacial score (nSPS) is 15.6. The van der Waals surface area contributed by atoms with Gasteiger partial charge in [-0.15, -0.1) is 0 Å². The lowest BCUT2D eigenvalue weighted by Gasteiger charge is -2.40. The Balaban J connectivity index is 1.97. The van der Waals surface area contributed by atoms with E-state index in [1.165, 1.54) is 0 Å². The smallest absolute Gasteiger partial charge is 0.232 e. The summed E-state index contributed by atoms with van der Waals surface area (Å²) >= 11 is 6.48. The number of methoxy groups -OCH3 is 1. The van der Waals surface area contributed by atoms with E-state index in [9.17, 15) is 4.79 Å². The van der Waals surface area contributed by atoms with E-state index < -0.39 is 0 Å². The first-order valence-corrected chi connectivity index (χ1v) is 13.5. The Bertz CT molecular complexity index is 1290. The van der Waals surface area contributed by atoms with Crippen LogP contribution in [0.3, 0.4) is 0 Å². The average molecular weight is 536 g/mol. The van der Waals surface area contributed by atoms with E-state index in [-0.39, 0.29) is 24.5 Å². The Hall–Kier alpha value is -3.38. The van der Waals surface area contributed by atoms with Crippen LogP contribution in [0.4, 0.5) is 17.1 Å². The second-order valence-electron chi connectivity index (χ2n) is 10.0. The molecule has 1 amide bonds. The van der Waals surface area contributed by atoms with Gasteiger partial charge in [-0.05, 0) is 79.9 Å². The van der Waals surface area contributed by atoms with Gasteiger partial charge in [0.25, 0.3) is 0 Å². The third kappa shape index (κ3) is 5.41. The standard InChI is InChI=1S/C31H38ClN3O3/c1-8-20(3)38-29-19-26-21(16-28(29)37-7)17-30(36)35(24-13-11-23(12-14-24)33(4)5)31(26)25-15-10-22(32)18-27(25)34(6)9-2/h10-16,18-20,31H,8-9,17H2,1-7H3. The summed E-state index contributed by atoms with van der Waals surface area (Å²) < 4.78 is 12.0. The fourth-order valence-corrected chi connectivity index (χ4v) is 5.03. The van der Waals surface area contributed by atoms with Crippen LogP contribution in [0.5, 0.6) is 11.5 Å². The van der Waals surface area contributed by atoms with Gasteiger partial charge in [-0.3, -0.25) is 4.79 Å². The summed E-state index contributed by atoms with van der Waals surface area (Å²) in [5, 5.41) is 0.656. The number of hydrogen-bond donors (Lipinski definition) is 0. The number of amides is 1. The third-order valence-electron chi connectivity index (χ3n) is 7.31. The number of rotatable bonds is 9. The van der Waals surface area contributed by atoms with E-state index in [4.69, 9.17) is 21.1 Å². The number of benzene rings is 3. The third-order valence-corrected chi connectivity index (χ3v) is 7.54. The Morgan fingerprint density at radius 1 is 1.00 bits per heavy atom. The number of nitrogens with zero attached hydrogens (tertiary/aromatic N) is 3. The quantitative estimate of drug-likeness (QED) is 0.304. The maximum absolute atomic E-state index is 13.9. The van der Waals surface area contributed by atoms with E-state index in [2.05, 4.69) is 24.8 Å². The van der Waals surface area contributed by atoms with Gasteiger partial charge in [0.15, 0.2) is 11.5 Å². The SMILES string of the molecule is CCC(C)Oc1cc2c(cc1OC)CC(=O)N(c1ccc(N(C)C)cc1)C2c1ccc(Cl)cc1N(C)CC. The molecule has 1 aliphatic rings. The molecule has 202 valence electrons. The molecule has 0 fully saturated rings. The number of carbonyl (C=O) groups excluding carboxylic acids is 1. The minimum atomic E-state index is -0.372. The molecule has 2 atom stereocenters. The molecule has 0 N–H and O–H groups in total. The fraction of sp³-hybridized carbons (Fsp3) is 0.387. The minimum absolute atomic E-state index is 0.0256. The molecule has 0 saturated heterocycles. The van der Waals surface area contributed by atoms with Crippen molar-refractivity contribution in [1.82, 2.24) is 0 Å². The maximum atomic E-state index is 13.9. The van der Waals surface area contributed by atoms with Crippen LogP contribution in [0.25, 0.3) is 0 Å². The van der Waals surface area contributed by atoms with Gasteiger partial charge in [0.1, 0.15) is 0 Å². The van der Waals surface area contributed by atoms with Crippen molar-refractivity contribution >= 4 is 34.6 Å². The van der Waals surface area contributed by atoms with Crippen molar-refractivity contribution in [3.63, 3.8) is 0 Å². The lowest BCUT2D eigenvalue weighted by molar-refractivity contribution is -0.118. The lowest BCUT2D eigenvalue weighted by Crippen LogP contribution is -2.41. The summed E-state index contributed by atoms with van der Waals surface area (Å²) in [5.74, 6) is 1.35. The number of fused-ring (bicyclic) bond motifs is 1. The molecule has 38 heavy (non-hydrogen) atoms. The molecule has 0 bridgehead atoms. The average Bonchev–Trinajstić information content (AvgIpc) is 2.91. The minimum Gasteiger partial charge on any atom is -0.493 e. The molecule has 0 spiro atoms. The molecule has 2 unspecified atom stereocenters. The molecule has 4 rings (SSSR count). The molecular weight excluding hydrogens is 498 g/mol. The number of halogens is 1. The predicted octanol–water partition coefficient (Wildman–Crippen LogP) is 6.73. The largest absolute Gasteiger partial charge is 0.493 e. The van der Waals surface area contributed by atoms with Crippen molar-refractivity contribution in [2.24, 2.45) is 0 Å². The van der Waals surface area contributed by atoms with E-state index in [0.717, 1.165) is 46.7 Å². The highest BCUT2D eigenvalue weighted by molar-refractivity contribution is 6.30. The molecule has 1 heterocycles. The predicted molar refractivity (Wildman–Crippen MR) is 158 cm³/mol. The summed E-state index contributed by atoms with van der Waals surface area (Å²) in [6.07, 6.45) is 1.17. The Labute approximate surface area is 231 Å². The van der Waals surface area contributed by atoms with Gasteiger partial charge >= 0.3 is 0 Å². The molecule has 3 aromatic rings. The highest BCUT2D eigenvalue weighted by atomic mass is 35.5. The van der Waals surface area contributed by atoms with Gasteiger partial charge in [0.05, 0.1) is 25.7 Å². The summed E-state index contributed by atoms with van der Waals surface area (Å²) in [6.45, 7) is 7.04. The summed E-state index contributed by atoms with van der Waals surface area (Å²) in [4.78, 5) is 20.0. The van der Waals surface area contributed by atoms with Crippen molar-refractivity contribution < 1.29 is 14.3 Å². The molecule has 0 saturated carbocycles. The number of anilines is 3. The maximum Gasteiger partial charge on any atom is 0.232 e. The van der Waals surface area contributed by atoms with E-state index in [0.29, 0.717) is 16.5 Å². The van der Waals surface area contributed by atoms with Crippen LogP contribution in [0.15, 0.2) is 54.6 Å². The lowest BCUT2D eigenvalue weighted by atomic mass is 9.86. The van der Waals surface area contributed by atoms with Crippen LogP contribution in [-0.2, 0) is 11.2 Å². The Morgan fingerprint density at radius 3 is 2.32 bits per heavy atom. The van der Waals surface area contributed by atoms with Gasteiger partial charge in [-0.2, -0.15) is 0 Å². The molecule has 0 aromatic heterocycles. The van der Waals surface area contributed by atoms with E-state index >= 15 is 0 Å². The van der Waals surface area contributed by atoms with Crippen molar-refractivity contribution in [3.05, 3.63) is 76.3 Å². The van der Waals surface area contributed by atoms with Crippen molar-refractivity contribution in [2.45, 2.75) is 45.8 Å². The second kappa shape index (κ2) is 11.6. The van der Waals surface area contributed by atoms with Crippen molar-refractivity contribution in [3.8, 4) is 11.5 Å². The monoisotopic (exact) mass is 535 g/mol. The number of ether oxygens (including phenoxy) is 2. The van der Waals surface area contributed by atoms with Gasteiger partial charge < -0.3 is 24.2 Å². The highest BCUT2D eigenvalue weighted by Crippen LogP contribution is 2.46. The highest BCUT2D eigenvalue weighted by Gasteiger charge is 2.37. The van der Waals surface area contributed by atoms with Gasteiger partial charge in [0, 0.05) is 55.3 Å². The number of hydrogen-bond acceptors (Lipinski definition) is 5. The zero-order valence-electron chi connectivity index (χ0n) is 23.4. The van der Waals surface area contributed by atoms with Crippen LogP contribution in [0.2, 0.25) is 5.02 Å². The first-order chi connectivity index (χ1) is 18.2. The molecular formula is C31H38ClN3O3. The topological polar surface area (TPSA) is 45.3 Å². The van der Waals surface area contributed by atoms with Crippen LogP contribution in [0, 0.1) is 0 Å². The van der Waals surface area contributed by atoms with Crippen LogP contribution < -0.4 is 24.2 Å².